The van der Waals surface area contributed by atoms with Crippen LogP contribution in [0.5, 0.6) is 0 Å². The van der Waals surface area contributed by atoms with Crippen LogP contribution in [0.15, 0.2) is 60.7 Å². The van der Waals surface area contributed by atoms with Crippen molar-refractivity contribution in [3.63, 3.8) is 0 Å². The van der Waals surface area contributed by atoms with E-state index in [1.54, 1.807) is 69.3 Å². The largest absolute Gasteiger partial charge is 0.509 e. The number of carbonyl (C=O) groups is 3. The molecule has 2 fully saturated rings. The number of alkyl carbamates (subject to hydrolysis) is 1. The second kappa shape index (κ2) is 13.8. The van der Waals surface area contributed by atoms with Gasteiger partial charge in [0.2, 0.25) is 0 Å². The van der Waals surface area contributed by atoms with Crippen molar-refractivity contribution >= 4 is 18.2 Å². The first kappa shape index (κ1) is 30.3. The van der Waals surface area contributed by atoms with Crippen molar-refractivity contribution in [3.05, 3.63) is 71.8 Å². The van der Waals surface area contributed by atoms with Gasteiger partial charge in [-0.05, 0) is 31.9 Å². The molecule has 4 rings (SSSR count). The molecule has 4 unspecified atom stereocenters. The summed E-state index contributed by atoms with van der Waals surface area (Å²) >= 11 is 0. The number of hydrogen-bond acceptors (Lipinski definition) is 11. The van der Waals surface area contributed by atoms with Crippen molar-refractivity contribution in [2.45, 2.75) is 76.5 Å². The predicted octanol–water partition coefficient (Wildman–Crippen LogP) is 3.46. The minimum atomic E-state index is -1.56. The molecule has 12 heteroatoms. The third-order valence-corrected chi connectivity index (χ3v) is 6.39. The molecule has 0 radical (unpaired) electrons. The van der Waals surface area contributed by atoms with E-state index in [2.05, 4.69) is 5.32 Å². The third-order valence-electron chi connectivity index (χ3n) is 6.39. The molecule has 12 nitrogen and oxygen atoms in total. The molecule has 2 heterocycles. The molecule has 0 saturated carbocycles. The van der Waals surface area contributed by atoms with E-state index in [1.807, 2.05) is 12.1 Å². The zero-order valence-electron chi connectivity index (χ0n) is 23.3. The summed E-state index contributed by atoms with van der Waals surface area (Å²) in [4.78, 5) is 39.0. The van der Waals surface area contributed by atoms with Gasteiger partial charge in [0.05, 0.1) is 6.61 Å². The molecular formula is C29H35NO11. The number of fused-ring (bicyclic) bond motifs is 1. The minimum Gasteiger partial charge on any atom is -0.464 e. The highest BCUT2D eigenvalue weighted by atomic mass is 16.8. The van der Waals surface area contributed by atoms with Crippen LogP contribution in [-0.2, 0) is 55.9 Å². The molecule has 1 amide bonds. The molecule has 222 valence electrons. The van der Waals surface area contributed by atoms with Gasteiger partial charge < -0.3 is 43.2 Å². The summed E-state index contributed by atoms with van der Waals surface area (Å²) in [6.07, 6.45) is -7.11. The number of esters is 1. The molecule has 0 aromatic heterocycles. The fraction of sp³-hybridized carbons (Fsp3) is 0.483. The summed E-state index contributed by atoms with van der Waals surface area (Å²) in [5.74, 6) is -1.90. The molecule has 41 heavy (non-hydrogen) atoms. The number of methoxy groups -OCH3 is 1. The van der Waals surface area contributed by atoms with Crippen molar-refractivity contribution in [2.24, 2.45) is 0 Å². The lowest BCUT2D eigenvalue weighted by Crippen LogP contribution is -2.58. The second-order valence-corrected chi connectivity index (χ2v) is 9.81. The average Bonchev–Trinajstić information content (AvgIpc) is 3.46. The molecule has 2 aromatic rings. The van der Waals surface area contributed by atoms with Gasteiger partial charge in [-0.2, -0.15) is 0 Å². The van der Waals surface area contributed by atoms with E-state index >= 15 is 0 Å². The Morgan fingerprint density at radius 3 is 2.05 bits per heavy atom. The van der Waals surface area contributed by atoms with Crippen LogP contribution >= 0.6 is 0 Å². The van der Waals surface area contributed by atoms with Gasteiger partial charge in [0.25, 0.3) is 0 Å². The fourth-order valence-corrected chi connectivity index (χ4v) is 4.63. The molecule has 2 aliphatic rings. The standard InChI is InChI=1S/C29H35NO11/c1-5-35-25(31)20(30-27(32)36-16-18-12-8-6-9-13-18)21(39-28(33)37-17-19-14-10-7-11-15-19)22-23-24(26(34-4)38-22)41-29(2,3)40-23/h6-15,20-24,26H,5,16-17H2,1-4H3,(H,30,32)/t20?,21?,22-,23?,24?,26-/m1/s1. The van der Waals surface area contributed by atoms with E-state index in [9.17, 15) is 14.4 Å². The van der Waals surface area contributed by atoms with Crippen LogP contribution in [-0.4, -0.2) is 74.5 Å². The highest BCUT2D eigenvalue weighted by Gasteiger charge is 2.60. The summed E-state index contributed by atoms with van der Waals surface area (Å²) in [6.45, 7) is 4.86. The minimum absolute atomic E-state index is 0.00777. The first-order chi connectivity index (χ1) is 19.7. The molecule has 0 aliphatic carbocycles. The van der Waals surface area contributed by atoms with E-state index in [1.165, 1.54) is 7.11 Å². The van der Waals surface area contributed by atoms with E-state index in [-0.39, 0.29) is 19.8 Å². The maximum Gasteiger partial charge on any atom is 0.509 e. The van der Waals surface area contributed by atoms with Gasteiger partial charge in [-0.1, -0.05) is 60.7 Å². The molecule has 2 saturated heterocycles. The Hall–Kier alpha value is -3.71. The first-order valence-electron chi connectivity index (χ1n) is 13.3. The molecule has 2 aliphatic heterocycles. The maximum absolute atomic E-state index is 13.2. The van der Waals surface area contributed by atoms with Gasteiger partial charge in [0.1, 0.15) is 31.5 Å². The first-order valence-corrected chi connectivity index (χ1v) is 13.3. The average molecular weight is 574 g/mol. The monoisotopic (exact) mass is 573 g/mol. The molecular weight excluding hydrogens is 538 g/mol. The molecule has 0 bridgehead atoms. The van der Waals surface area contributed by atoms with Crippen LogP contribution in [0.25, 0.3) is 0 Å². The lowest BCUT2D eigenvalue weighted by atomic mass is 9.99. The number of amides is 1. The number of ether oxygens (including phenoxy) is 8. The molecule has 6 atom stereocenters. The van der Waals surface area contributed by atoms with Crippen LogP contribution in [0.3, 0.4) is 0 Å². The SMILES string of the molecule is CCOC(=O)C(NC(=O)OCc1ccccc1)C(OC(=O)OCc1ccccc1)[C@H]1O[C@@H](OC)C2OC(C)(C)OC21. The van der Waals surface area contributed by atoms with Crippen molar-refractivity contribution in [3.8, 4) is 0 Å². The van der Waals surface area contributed by atoms with E-state index < -0.39 is 60.8 Å². The number of rotatable bonds is 11. The Balaban J connectivity index is 1.57. The van der Waals surface area contributed by atoms with Gasteiger partial charge in [0.15, 0.2) is 24.2 Å². The van der Waals surface area contributed by atoms with Gasteiger partial charge in [-0.15, -0.1) is 0 Å². The van der Waals surface area contributed by atoms with Gasteiger partial charge in [-0.25, -0.2) is 14.4 Å². The molecule has 1 N–H and O–H groups in total. The van der Waals surface area contributed by atoms with Crippen LogP contribution in [0, 0.1) is 0 Å². The normalized spacial score (nSPS) is 24.0. The number of hydrogen-bond donors (Lipinski definition) is 1. The summed E-state index contributed by atoms with van der Waals surface area (Å²) in [6, 6.07) is 16.4. The second-order valence-electron chi connectivity index (χ2n) is 9.81. The Bertz CT molecular complexity index is 1160. The zero-order chi connectivity index (χ0) is 29.4. The van der Waals surface area contributed by atoms with Gasteiger partial charge in [0, 0.05) is 7.11 Å². The van der Waals surface area contributed by atoms with E-state index in [0.29, 0.717) is 0 Å². The topological polar surface area (TPSA) is 137 Å². The molecule has 0 spiro atoms. The quantitative estimate of drug-likeness (QED) is 0.313. The highest BCUT2D eigenvalue weighted by molar-refractivity contribution is 5.82. The predicted molar refractivity (Wildman–Crippen MR) is 141 cm³/mol. The lowest BCUT2D eigenvalue weighted by molar-refractivity contribution is -0.239. The number of carbonyl (C=O) groups excluding carboxylic acids is 3. The van der Waals surface area contributed by atoms with Crippen LogP contribution in [0.2, 0.25) is 0 Å². The summed E-state index contributed by atoms with van der Waals surface area (Å²) < 4.78 is 45.0. The molecule has 2 aromatic carbocycles. The number of nitrogens with one attached hydrogen (secondary N) is 1. The summed E-state index contributed by atoms with van der Waals surface area (Å²) in [5.41, 5.74) is 1.45. The van der Waals surface area contributed by atoms with Crippen LogP contribution in [0.4, 0.5) is 9.59 Å². The number of benzene rings is 2. The van der Waals surface area contributed by atoms with Crippen LogP contribution < -0.4 is 5.32 Å². The summed E-state index contributed by atoms with van der Waals surface area (Å²) in [7, 11) is 1.42. The van der Waals surface area contributed by atoms with Crippen molar-refractivity contribution in [2.75, 3.05) is 13.7 Å². The van der Waals surface area contributed by atoms with Crippen LogP contribution in [0.1, 0.15) is 31.9 Å². The summed E-state index contributed by atoms with van der Waals surface area (Å²) in [5, 5.41) is 2.48. The van der Waals surface area contributed by atoms with Crippen molar-refractivity contribution < 1.29 is 52.3 Å². The maximum atomic E-state index is 13.2. The Morgan fingerprint density at radius 1 is 0.878 bits per heavy atom. The zero-order valence-corrected chi connectivity index (χ0v) is 23.3. The highest BCUT2D eigenvalue weighted by Crippen LogP contribution is 2.41. The Morgan fingerprint density at radius 2 is 1.46 bits per heavy atom. The lowest BCUT2D eigenvalue weighted by Gasteiger charge is -2.32. The smallest absolute Gasteiger partial charge is 0.464 e. The third kappa shape index (κ3) is 7.94. The fourth-order valence-electron chi connectivity index (χ4n) is 4.63. The van der Waals surface area contributed by atoms with E-state index in [4.69, 9.17) is 37.9 Å². The van der Waals surface area contributed by atoms with Gasteiger partial charge >= 0.3 is 18.2 Å². The van der Waals surface area contributed by atoms with Crippen molar-refractivity contribution in [1.82, 2.24) is 5.32 Å². The van der Waals surface area contributed by atoms with Gasteiger partial charge in [-0.3, -0.25) is 0 Å². The Labute approximate surface area is 238 Å². The Kier molecular flexibility index (Phi) is 10.2. The van der Waals surface area contributed by atoms with Crippen molar-refractivity contribution in [1.29, 1.82) is 0 Å². The van der Waals surface area contributed by atoms with E-state index in [0.717, 1.165) is 11.1 Å².